The van der Waals surface area contributed by atoms with Crippen molar-refractivity contribution in [3.63, 3.8) is 0 Å². The fourth-order valence-electron chi connectivity index (χ4n) is 2.14. The molecule has 0 radical (unpaired) electrons. The monoisotopic (exact) mass is 245 g/mol. The quantitative estimate of drug-likeness (QED) is 0.427. The molecule has 0 fully saturated rings. The van der Waals surface area contributed by atoms with Crippen molar-refractivity contribution in [3.05, 3.63) is 22.9 Å². The molecule has 6 nitrogen and oxygen atoms in total. The Morgan fingerprint density at radius 1 is 1.17 bits per heavy atom. The van der Waals surface area contributed by atoms with Gasteiger partial charge in [0.25, 0.3) is 0 Å². The average Bonchev–Trinajstić information content (AvgIpc) is 2.30. The molecule has 0 saturated heterocycles. The Kier molecular flexibility index (Phi) is 4.03. The van der Waals surface area contributed by atoms with E-state index in [4.69, 9.17) is 0 Å². The number of aliphatic imine (C=N–C) groups is 3. The molecular weight excluding hydrogens is 234 g/mol. The maximum atomic E-state index is 10.5. The molecule has 2 unspecified atom stereocenters. The van der Waals surface area contributed by atoms with Crippen LogP contribution >= 0.6 is 0 Å². The summed E-state index contributed by atoms with van der Waals surface area (Å²) in [6.07, 6.45) is 5.96. The van der Waals surface area contributed by atoms with E-state index in [1.165, 1.54) is 18.2 Å². The first-order valence-electron chi connectivity index (χ1n) is 5.14. The number of nitrogens with zero attached hydrogens (tertiary/aromatic N) is 3. The molecule has 1 aliphatic rings. The summed E-state index contributed by atoms with van der Waals surface area (Å²) >= 11 is 0. The second kappa shape index (κ2) is 5.30. The lowest BCUT2D eigenvalue weighted by Gasteiger charge is -2.30. The third-order valence-electron chi connectivity index (χ3n) is 2.82. The first kappa shape index (κ1) is 13.7. The highest BCUT2D eigenvalue weighted by Gasteiger charge is 2.36. The third kappa shape index (κ3) is 2.31. The zero-order valence-corrected chi connectivity index (χ0v) is 10.2. The molecule has 0 amide bonds. The summed E-state index contributed by atoms with van der Waals surface area (Å²) in [5, 5.41) is 0. The van der Waals surface area contributed by atoms with Crippen molar-refractivity contribution in [2.24, 2.45) is 15.0 Å². The molecule has 0 heterocycles. The van der Waals surface area contributed by atoms with Crippen LogP contribution in [0.5, 0.6) is 0 Å². The summed E-state index contributed by atoms with van der Waals surface area (Å²) < 4.78 is 0. The largest absolute Gasteiger partial charge is 0.240 e. The maximum Gasteiger partial charge on any atom is 0.240 e. The van der Waals surface area contributed by atoms with Crippen LogP contribution in [-0.4, -0.2) is 29.8 Å². The minimum atomic E-state index is -1.08. The fourth-order valence-corrected chi connectivity index (χ4v) is 2.14. The summed E-state index contributed by atoms with van der Waals surface area (Å²) in [5.74, 6) is 0. The van der Waals surface area contributed by atoms with E-state index in [1.807, 2.05) is 0 Å². The highest BCUT2D eigenvalue weighted by Crippen LogP contribution is 2.36. The lowest BCUT2D eigenvalue weighted by Crippen LogP contribution is -2.30. The van der Waals surface area contributed by atoms with E-state index in [0.29, 0.717) is 5.57 Å². The molecule has 18 heavy (non-hydrogen) atoms. The minimum absolute atomic E-state index is 0.246. The SMILES string of the molecule is CC1=CC(C)(N=C=O)C(N=C=O)=C(C)C1N=C=O. The van der Waals surface area contributed by atoms with Gasteiger partial charge in [-0.3, -0.25) is 0 Å². The van der Waals surface area contributed by atoms with Gasteiger partial charge >= 0.3 is 0 Å². The Balaban J connectivity index is 3.55. The van der Waals surface area contributed by atoms with Crippen molar-refractivity contribution in [2.45, 2.75) is 32.4 Å². The first-order valence-corrected chi connectivity index (χ1v) is 5.14. The summed E-state index contributed by atoms with van der Waals surface area (Å²) in [7, 11) is 0. The average molecular weight is 245 g/mol. The molecule has 0 aromatic carbocycles. The Labute approximate surface area is 104 Å². The number of hydrogen-bond donors (Lipinski definition) is 0. The van der Waals surface area contributed by atoms with Crippen molar-refractivity contribution in [3.8, 4) is 0 Å². The van der Waals surface area contributed by atoms with Gasteiger partial charge in [-0.2, -0.15) is 15.0 Å². The zero-order valence-electron chi connectivity index (χ0n) is 10.2. The van der Waals surface area contributed by atoms with Crippen LogP contribution in [0.25, 0.3) is 0 Å². The predicted molar refractivity (Wildman–Crippen MR) is 63.0 cm³/mol. The van der Waals surface area contributed by atoms with Crippen molar-refractivity contribution in [1.82, 2.24) is 0 Å². The Morgan fingerprint density at radius 3 is 2.33 bits per heavy atom. The molecule has 92 valence electrons. The number of hydrogen-bond acceptors (Lipinski definition) is 6. The zero-order chi connectivity index (χ0) is 13.8. The molecule has 0 aromatic rings. The Bertz CT molecular complexity index is 571. The summed E-state index contributed by atoms with van der Waals surface area (Å²) in [4.78, 5) is 42.2. The van der Waals surface area contributed by atoms with E-state index in [-0.39, 0.29) is 5.70 Å². The van der Waals surface area contributed by atoms with Gasteiger partial charge < -0.3 is 0 Å². The second-order valence-electron chi connectivity index (χ2n) is 4.10. The fraction of sp³-hybridized carbons (Fsp3) is 0.417. The minimum Gasteiger partial charge on any atom is -0.211 e. The Morgan fingerprint density at radius 2 is 1.83 bits per heavy atom. The van der Waals surface area contributed by atoms with Crippen LogP contribution < -0.4 is 0 Å². The lowest BCUT2D eigenvalue weighted by molar-refractivity contribution is 0.542. The molecule has 0 N–H and O–H groups in total. The van der Waals surface area contributed by atoms with Crippen LogP contribution in [0.4, 0.5) is 0 Å². The van der Waals surface area contributed by atoms with E-state index in [1.54, 1.807) is 26.8 Å². The van der Waals surface area contributed by atoms with Crippen molar-refractivity contribution >= 4 is 18.2 Å². The van der Waals surface area contributed by atoms with E-state index in [0.717, 1.165) is 5.57 Å². The normalized spacial score (nSPS) is 26.4. The molecule has 1 aliphatic carbocycles. The van der Waals surface area contributed by atoms with Crippen molar-refractivity contribution in [2.75, 3.05) is 0 Å². The molecule has 0 aromatic heterocycles. The van der Waals surface area contributed by atoms with E-state index >= 15 is 0 Å². The third-order valence-corrected chi connectivity index (χ3v) is 2.82. The smallest absolute Gasteiger partial charge is 0.211 e. The van der Waals surface area contributed by atoms with Crippen molar-refractivity contribution < 1.29 is 14.4 Å². The van der Waals surface area contributed by atoms with Gasteiger partial charge in [-0.05, 0) is 38.0 Å². The topological polar surface area (TPSA) is 88.3 Å². The van der Waals surface area contributed by atoms with Crippen LogP contribution in [0.15, 0.2) is 37.9 Å². The van der Waals surface area contributed by atoms with Gasteiger partial charge in [-0.25, -0.2) is 14.4 Å². The highest BCUT2D eigenvalue weighted by atomic mass is 16.1. The van der Waals surface area contributed by atoms with Crippen LogP contribution in [0.1, 0.15) is 20.8 Å². The summed E-state index contributed by atoms with van der Waals surface area (Å²) in [6.45, 7) is 5.02. The summed E-state index contributed by atoms with van der Waals surface area (Å²) in [5.41, 5.74) is 0.447. The van der Waals surface area contributed by atoms with Crippen LogP contribution in [-0.2, 0) is 14.4 Å². The van der Waals surface area contributed by atoms with Gasteiger partial charge in [-0.15, -0.1) is 0 Å². The molecule has 1 rings (SSSR count). The van der Waals surface area contributed by atoms with Crippen LogP contribution in [0, 0.1) is 0 Å². The molecular formula is C12H11N3O3. The van der Waals surface area contributed by atoms with Gasteiger partial charge in [-0.1, -0.05) is 0 Å². The standard InChI is InChI=1S/C12H11N3O3/c1-8-4-12(3,15-7-18)11(14-6-17)9(2)10(8)13-5-16/h4,10H,1-3H3. The van der Waals surface area contributed by atoms with Gasteiger partial charge in [0.1, 0.15) is 11.6 Å². The summed E-state index contributed by atoms with van der Waals surface area (Å²) in [6, 6.07) is -0.537. The molecule has 2 atom stereocenters. The molecule has 0 aliphatic heterocycles. The molecule has 0 saturated carbocycles. The number of isocyanates is 3. The lowest BCUT2D eigenvalue weighted by atomic mass is 9.82. The maximum absolute atomic E-state index is 10.5. The van der Waals surface area contributed by atoms with Gasteiger partial charge in [0.2, 0.25) is 18.2 Å². The van der Waals surface area contributed by atoms with Gasteiger partial charge in [0, 0.05) is 0 Å². The van der Waals surface area contributed by atoms with E-state index in [9.17, 15) is 14.4 Å². The van der Waals surface area contributed by atoms with E-state index in [2.05, 4.69) is 15.0 Å². The van der Waals surface area contributed by atoms with Crippen molar-refractivity contribution in [1.29, 1.82) is 0 Å². The molecule has 0 bridgehead atoms. The predicted octanol–water partition coefficient (Wildman–Crippen LogP) is 1.35. The second-order valence-corrected chi connectivity index (χ2v) is 4.10. The van der Waals surface area contributed by atoms with Crippen LogP contribution in [0.2, 0.25) is 0 Å². The first-order chi connectivity index (χ1) is 8.50. The molecule has 0 spiro atoms. The van der Waals surface area contributed by atoms with Crippen LogP contribution in [0.3, 0.4) is 0 Å². The number of rotatable bonds is 3. The molecule has 6 heteroatoms. The van der Waals surface area contributed by atoms with Gasteiger partial charge in [0.15, 0.2) is 0 Å². The van der Waals surface area contributed by atoms with E-state index < -0.39 is 11.6 Å². The van der Waals surface area contributed by atoms with Gasteiger partial charge in [0.05, 0.1) is 5.70 Å². The Hall–Kier alpha value is -2.38. The number of carbonyl (C=O) groups excluding carboxylic acids is 3. The highest BCUT2D eigenvalue weighted by molar-refractivity contribution is 5.53.